The first kappa shape index (κ1) is 21.3. The number of methoxy groups -OCH3 is 1. The van der Waals surface area contributed by atoms with Crippen LogP contribution in [0.4, 0.5) is 4.79 Å². The number of carbonyl (C=O) groups is 3. The molecule has 0 aliphatic carbocycles. The predicted octanol–water partition coefficient (Wildman–Crippen LogP) is 1.93. The van der Waals surface area contributed by atoms with Crippen LogP contribution in [0.5, 0.6) is 5.75 Å². The van der Waals surface area contributed by atoms with Gasteiger partial charge < -0.3 is 10.1 Å². The average molecular weight is 410 g/mol. The predicted molar refractivity (Wildman–Crippen MR) is 111 cm³/mol. The van der Waals surface area contributed by atoms with Gasteiger partial charge in [0.1, 0.15) is 11.3 Å². The number of urea groups is 1. The quantitative estimate of drug-likeness (QED) is 0.681. The third kappa shape index (κ3) is 4.28. The zero-order chi connectivity index (χ0) is 21.9. The maximum atomic E-state index is 12.9. The highest BCUT2D eigenvalue weighted by Gasteiger charge is 2.50. The second-order valence-corrected chi connectivity index (χ2v) is 7.56. The number of likely N-dealkylation sites (N-methyl/N-ethyl adjacent to an activating group) is 1. The molecule has 158 valence electrons. The molecule has 0 saturated carbocycles. The third-order valence-corrected chi connectivity index (χ3v) is 5.21. The molecule has 8 nitrogen and oxygen atoms in total. The molecule has 1 aliphatic heterocycles. The number of benzene rings is 2. The van der Waals surface area contributed by atoms with E-state index in [4.69, 9.17) is 4.74 Å². The van der Waals surface area contributed by atoms with Gasteiger partial charge in [0.15, 0.2) is 0 Å². The van der Waals surface area contributed by atoms with Gasteiger partial charge in [-0.2, -0.15) is 5.01 Å². The van der Waals surface area contributed by atoms with Crippen molar-refractivity contribution < 1.29 is 19.1 Å². The highest BCUT2D eigenvalue weighted by molar-refractivity contribution is 6.08. The Bertz CT molecular complexity index is 960. The molecule has 3 rings (SSSR count). The lowest BCUT2D eigenvalue weighted by molar-refractivity contribution is -0.139. The van der Waals surface area contributed by atoms with Gasteiger partial charge in [-0.05, 0) is 49.7 Å². The van der Waals surface area contributed by atoms with Crippen LogP contribution in [0.1, 0.15) is 23.6 Å². The fourth-order valence-corrected chi connectivity index (χ4v) is 3.40. The van der Waals surface area contributed by atoms with Crippen LogP contribution >= 0.6 is 0 Å². The van der Waals surface area contributed by atoms with E-state index in [0.717, 1.165) is 16.1 Å². The summed E-state index contributed by atoms with van der Waals surface area (Å²) in [5.74, 6) is -0.359. The lowest BCUT2D eigenvalue weighted by Crippen LogP contribution is -2.50. The summed E-state index contributed by atoms with van der Waals surface area (Å²) in [5, 5.41) is 3.40. The van der Waals surface area contributed by atoms with Crippen LogP contribution in [0.25, 0.3) is 0 Å². The number of hydrazine groups is 1. The number of carbonyl (C=O) groups excluding carboxylic acids is 3. The van der Waals surface area contributed by atoms with Crippen molar-refractivity contribution in [3.05, 3.63) is 65.2 Å². The molecule has 1 unspecified atom stereocenters. The van der Waals surface area contributed by atoms with Crippen LogP contribution in [0.2, 0.25) is 0 Å². The Labute approximate surface area is 175 Å². The Hall–Kier alpha value is -3.39. The Morgan fingerprint density at radius 1 is 1.17 bits per heavy atom. The second-order valence-electron chi connectivity index (χ2n) is 7.56. The summed E-state index contributed by atoms with van der Waals surface area (Å²) < 4.78 is 5.13. The van der Waals surface area contributed by atoms with Crippen molar-refractivity contribution in [3.63, 3.8) is 0 Å². The molecule has 0 bridgehead atoms. The largest absolute Gasteiger partial charge is 0.497 e. The Morgan fingerprint density at radius 3 is 2.47 bits per heavy atom. The van der Waals surface area contributed by atoms with Crippen molar-refractivity contribution in [2.24, 2.45) is 0 Å². The van der Waals surface area contributed by atoms with Crippen LogP contribution < -0.4 is 15.5 Å². The Kier molecular flexibility index (Phi) is 6.07. The van der Waals surface area contributed by atoms with E-state index in [2.05, 4.69) is 10.7 Å². The molecule has 2 aromatic rings. The van der Waals surface area contributed by atoms with E-state index in [9.17, 15) is 14.4 Å². The molecule has 1 atom stereocenters. The standard InChI is InChI=1S/C22H26N4O4/c1-15-7-5-6-8-16(15)13-25(3)14-19(27)24-26-20(28)22(2,23-21(26)29)17-9-11-18(30-4)12-10-17/h5-12H,13-14H2,1-4H3,(H,23,29)(H,24,27). The molecule has 1 heterocycles. The molecule has 0 radical (unpaired) electrons. The van der Waals surface area contributed by atoms with Crippen molar-refractivity contribution in [2.75, 3.05) is 20.7 Å². The molecule has 8 heteroatoms. The summed E-state index contributed by atoms with van der Waals surface area (Å²) in [4.78, 5) is 39.6. The monoisotopic (exact) mass is 410 g/mol. The van der Waals surface area contributed by atoms with Gasteiger partial charge in [-0.25, -0.2) is 4.79 Å². The minimum Gasteiger partial charge on any atom is -0.497 e. The molecule has 2 N–H and O–H groups in total. The number of ether oxygens (including phenoxy) is 1. The van der Waals surface area contributed by atoms with Crippen LogP contribution in [-0.2, 0) is 21.7 Å². The first-order valence-electron chi connectivity index (χ1n) is 9.58. The van der Waals surface area contributed by atoms with Gasteiger partial charge in [0, 0.05) is 6.54 Å². The third-order valence-electron chi connectivity index (χ3n) is 5.21. The van der Waals surface area contributed by atoms with E-state index in [1.165, 1.54) is 0 Å². The van der Waals surface area contributed by atoms with E-state index < -0.39 is 23.4 Å². The van der Waals surface area contributed by atoms with E-state index in [-0.39, 0.29) is 6.54 Å². The zero-order valence-corrected chi connectivity index (χ0v) is 17.6. The number of amides is 4. The normalized spacial score (nSPS) is 18.5. The Morgan fingerprint density at radius 2 is 1.83 bits per heavy atom. The van der Waals surface area contributed by atoms with Crippen molar-refractivity contribution >= 4 is 17.8 Å². The SMILES string of the molecule is COc1ccc(C2(C)NC(=O)N(NC(=O)CN(C)Cc3ccccc3C)C2=O)cc1. The maximum absolute atomic E-state index is 12.9. The summed E-state index contributed by atoms with van der Waals surface area (Å²) in [6.45, 7) is 4.22. The maximum Gasteiger partial charge on any atom is 0.344 e. The van der Waals surface area contributed by atoms with Gasteiger partial charge in [-0.1, -0.05) is 36.4 Å². The van der Waals surface area contributed by atoms with Gasteiger partial charge in [-0.15, -0.1) is 0 Å². The zero-order valence-electron chi connectivity index (χ0n) is 17.6. The van der Waals surface area contributed by atoms with Crippen LogP contribution in [0, 0.1) is 6.92 Å². The van der Waals surface area contributed by atoms with Crippen molar-refractivity contribution in [3.8, 4) is 5.75 Å². The summed E-state index contributed by atoms with van der Waals surface area (Å²) in [6.07, 6.45) is 0. The lowest BCUT2D eigenvalue weighted by atomic mass is 9.92. The van der Waals surface area contributed by atoms with Crippen molar-refractivity contribution in [2.45, 2.75) is 25.9 Å². The van der Waals surface area contributed by atoms with Gasteiger partial charge >= 0.3 is 6.03 Å². The Balaban J connectivity index is 1.64. The summed E-state index contributed by atoms with van der Waals surface area (Å²) in [6, 6.07) is 14.1. The lowest BCUT2D eigenvalue weighted by Gasteiger charge is -2.23. The molecular formula is C22H26N4O4. The van der Waals surface area contributed by atoms with Gasteiger partial charge in [0.2, 0.25) is 0 Å². The highest BCUT2D eigenvalue weighted by atomic mass is 16.5. The fourth-order valence-electron chi connectivity index (χ4n) is 3.40. The van der Waals surface area contributed by atoms with Crippen molar-refractivity contribution in [1.82, 2.24) is 20.7 Å². The van der Waals surface area contributed by atoms with Gasteiger partial charge in [-0.3, -0.25) is 19.9 Å². The number of nitrogens with one attached hydrogen (secondary N) is 2. The second kappa shape index (κ2) is 8.54. The minimum absolute atomic E-state index is 0.0324. The molecule has 2 aromatic carbocycles. The van der Waals surface area contributed by atoms with Gasteiger partial charge in [0.25, 0.3) is 11.8 Å². The molecule has 30 heavy (non-hydrogen) atoms. The summed E-state index contributed by atoms with van der Waals surface area (Å²) in [7, 11) is 3.35. The first-order valence-corrected chi connectivity index (χ1v) is 9.58. The van der Waals surface area contributed by atoms with E-state index in [1.54, 1.807) is 45.3 Å². The topological polar surface area (TPSA) is 91.0 Å². The molecule has 1 saturated heterocycles. The van der Waals surface area contributed by atoms with Gasteiger partial charge in [0.05, 0.1) is 13.7 Å². The average Bonchev–Trinajstić information content (AvgIpc) is 2.93. The van der Waals surface area contributed by atoms with E-state index in [1.807, 2.05) is 36.1 Å². The molecule has 0 spiro atoms. The molecule has 0 aromatic heterocycles. The number of hydrogen-bond donors (Lipinski definition) is 2. The number of aryl methyl sites for hydroxylation is 1. The van der Waals surface area contributed by atoms with E-state index in [0.29, 0.717) is 17.9 Å². The first-order chi connectivity index (χ1) is 14.2. The molecule has 1 aliphatic rings. The minimum atomic E-state index is -1.27. The van der Waals surface area contributed by atoms with Crippen LogP contribution in [-0.4, -0.2) is 48.5 Å². The fraction of sp³-hybridized carbons (Fsp3) is 0.318. The number of hydrogen-bond acceptors (Lipinski definition) is 5. The molecular weight excluding hydrogens is 384 g/mol. The smallest absolute Gasteiger partial charge is 0.344 e. The van der Waals surface area contributed by atoms with Crippen LogP contribution in [0.3, 0.4) is 0 Å². The molecule has 1 fully saturated rings. The summed E-state index contributed by atoms with van der Waals surface area (Å²) in [5.41, 5.74) is 3.98. The number of imide groups is 1. The highest BCUT2D eigenvalue weighted by Crippen LogP contribution is 2.29. The number of rotatable bonds is 7. The number of nitrogens with zero attached hydrogens (tertiary/aromatic N) is 2. The van der Waals surface area contributed by atoms with Crippen molar-refractivity contribution in [1.29, 1.82) is 0 Å². The van der Waals surface area contributed by atoms with E-state index >= 15 is 0 Å². The molecule has 4 amide bonds. The van der Waals surface area contributed by atoms with Crippen LogP contribution in [0.15, 0.2) is 48.5 Å². The summed E-state index contributed by atoms with van der Waals surface area (Å²) >= 11 is 0.